The van der Waals surface area contributed by atoms with Crippen LogP contribution < -0.4 is 10.2 Å². The Balaban J connectivity index is 1.69. The van der Waals surface area contributed by atoms with Crippen LogP contribution in [-0.4, -0.2) is 45.6 Å². The molecule has 1 aliphatic heterocycles. The van der Waals surface area contributed by atoms with Crippen LogP contribution in [-0.2, 0) is 0 Å². The number of nitrogens with one attached hydrogen (secondary N) is 1. The first-order chi connectivity index (χ1) is 10.2. The first-order valence-electron chi connectivity index (χ1n) is 7.70. The van der Waals surface area contributed by atoms with Gasteiger partial charge in [0.2, 0.25) is 17.2 Å². The summed E-state index contributed by atoms with van der Waals surface area (Å²) in [4.78, 5) is 15.3. The van der Waals surface area contributed by atoms with E-state index >= 15 is 0 Å². The van der Waals surface area contributed by atoms with Crippen molar-refractivity contribution >= 4 is 35.3 Å². The molecule has 0 spiro atoms. The predicted octanol–water partition coefficient (Wildman–Crippen LogP) is 3.21. The fraction of sp³-hybridized carbons (Fsp3) is 0.786. The summed E-state index contributed by atoms with van der Waals surface area (Å²) in [5.41, 5.74) is 0. The fourth-order valence-electron chi connectivity index (χ4n) is 3.14. The quantitative estimate of drug-likeness (QED) is 0.916. The van der Waals surface area contributed by atoms with Crippen LogP contribution in [0.2, 0.25) is 5.28 Å². The molecule has 2 fully saturated rings. The molecule has 21 heavy (non-hydrogen) atoms. The second-order valence-corrected chi connectivity index (χ2v) is 7.26. The highest BCUT2D eigenvalue weighted by molar-refractivity contribution is 7.99. The van der Waals surface area contributed by atoms with E-state index < -0.39 is 0 Å². The summed E-state index contributed by atoms with van der Waals surface area (Å²) in [5.74, 6) is 1.34. The Morgan fingerprint density at radius 3 is 2.71 bits per heavy atom. The zero-order valence-corrected chi connectivity index (χ0v) is 14.0. The molecule has 2 aliphatic rings. The maximum atomic E-state index is 6.07. The minimum Gasteiger partial charge on any atom is -0.351 e. The SMILES string of the molecule is CSC1CCCC(Nc2nc(Cl)nc(N3CCCC3)n2)C1. The van der Waals surface area contributed by atoms with E-state index in [0.717, 1.165) is 18.3 Å². The van der Waals surface area contributed by atoms with Crippen LogP contribution in [0.15, 0.2) is 0 Å². The molecule has 116 valence electrons. The molecule has 1 aromatic rings. The lowest BCUT2D eigenvalue weighted by Gasteiger charge is -2.28. The van der Waals surface area contributed by atoms with E-state index in [9.17, 15) is 0 Å². The molecule has 0 amide bonds. The summed E-state index contributed by atoms with van der Waals surface area (Å²) in [5, 5.41) is 4.49. The van der Waals surface area contributed by atoms with Crippen molar-refractivity contribution in [3.8, 4) is 0 Å². The Bertz CT molecular complexity index is 480. The van der Waals surface area contributed by atoms with Crippen molar-refractivity contribution in [2.24, 2.45) is 0 Å². The number of halogens is 1. The van der Waals surface area contributed by atoms with Crippen LogP contribution >= 0.6 is 23.4 Å². The molecular weight excluding hydrogens is 306 g/mol. The van der Waals surface area contributed by atoms with Gasteiger partial charge in [0.05, 0.1) is 0 Å². The molecule has 0 bridgehead atoms. The standard InChI is InChI=1S/C14H22ClN5S/c1-21-11-6-4-5-10(9-11)16-13-17-12(15)18-14(19-13)20-7-2-3-8-20/h10-11H,2-9H2,1H3,(H,16,17,18,19). The third-order valence-electron chi connectivity index (χ3n) is 4.28. The molecule has 1 aromatic heterocycles. The first kappa shape index (κ1) is 15.2. The van der Waals surface area contributed by atoms with Crippen molar-refractivity contribution in [1.29, 1.82) is 0 Å². The maximum absolute atomic E-state index is 6.07. The molecule has 2 heterocycles. The van der Waals surface area contributed by atoms with Crippen molar-refractivity contribution < 1.29 is 0 Å². The zero-order valence-electron chi connectivity index (χ0n) is 12.4. The minimum atomic E-state index is 0.284. The molecule has 1 saturated heterocycles. The van der Waals surface area contributed by atoms with Gasteiger partial charge in [0, 0.05) is 24.4 Å². The second kappa shape index (κ2) is 7.01. The Hall–Kier alpha value is -0.750. The van der Waals surface area contributed by atoms with Crippen molar-refractivity contribution in [2.45, 2.75) is 49.8 Å². The summed E-state index contributed by atoms with van der Waals surface area (Å²) in [6.45, 7) is 2.02. The van der Waals surface area contributed by atoms with Gasteiger partial charge in [0.15, 0.2) is 0 Å². The molecule has 0 radical (unpaired) electrons. The molecule has 2 unspecified atom stereocenters. The monoisotopic (exact) mass is 327 g/mol. The van der Waals surface area contributed by atoms with Gasteiger partial charge < -0.3 is 10.2 Å². The molecule has 0 aromatic carbocycles. The van der Waals surface area contributed by atoms with Crippen molar-refractivity contribution in [1.82, 2.24) is 15.0 Å². The molecular formula is C14H22ClN5S. The van der Waals surface area contributed by atoms with E-state index in [0.29, 0.717) is 17.9 Å². The smallest absolute Gasteiger partial charge is 0.231 e. The molecule has 7 heteroatoms. The van der Waals surface area contributed by atoms with Crippen LogP contribution in [0.5, 0.6) is 0 Å². The van der Waals surface area contributed by atoms with E-state index in [1.807, 2.05) is 11.8 Å². The van der Waals surface area contributed by atoms with Gasteiger partial charge in [0.25, 0.3) is 0 Å². The Morgan fingerprint density at radius 1 is 1.14 bits per heavy atom. The average Bonchev–Trinajstić information content (AvgIpc) is 3.01. The van der Waals surface area contributed by atoms with Crippen LogP contribution in [0.3, 0.4) is 0 Å². The van der Waals surface area contributed by atoms with Gasteiger partial charge in [-0.05, 0) is 50.0 Å². The van der Waals surface area contributed by atoms with Gasteiger partial charge in [-0.3, -0.25) is 0 Å². The predicted molar refractivity (Wildman–Crippen MR) is 89.5 cm³/mol. The minimum absolute atomic E-state index is 0.284. The van der Waals surface area contributed by atoms with Gasteiger partial charge in [-0.1, -0.05) is 6.42 Å². The van der Waals surface area contributed by atoms with Crippen LogP contribution in [0.1, 0.15) is 38.5 Å². The number of aromatic nitrogens is 3. The summed E-state index contributed by atoms with van der Waals surface area (Å²) in [6.07, 6.45) is 9.52. The molecule has 1 N–H and O–H groups in total. The topological polar surface area (TPSA) is 53.9 Å². The van der Waals surface area contributed by atoms with Gasteiger partial charge in [0.1, 0.15) is 0 Å². The van der Waals surface area contributed by atoms with Gasteiger partial charge in [-0.15, -0.1) is 0 Å². The highest BCUT2D eigenvalue weighted by atomic mass is 35.5. The van der Waals surface area contributed by atoms with Crippen molar-refractivity contribution in [2.75, 3.05) is 29.6 Å². The number of rotatable bonds is 4. The lowest BCUT2D eigenvalue weighted by atomic mass is 9.95. The van der Waals surface area contributed by atoms with Gasteiger partial charge >= 0.3 is 0 Å². The number of hydrogen-bond acceptors (Lipinski definition) is 6. The zero-order chi connectivity index (χ0) is 14.7. The molecule has 1 saturated carbocycles. The summed E-state index contributed by atoms with van der Waals surface area (Å²) in [7, 11) is 0. The van der Waals surface area contributed by atoms with Gasteiger partial charge in [-0.25, -0.2) is 0 Å². The number of hydrogen-bond donors (Lipinski definition) is 1. The summed E-state index contributed by atoms with van der Waals surface area (Å²) >= 11 is 8.03. The van der Waals surface area contributed by atoms with Crippen molar-refractivity contribution in [3.63, 3.8) is 0 Å². The highest BCUT2D eigenvalue weighted by Crippen LogP contribution is 2.28. The first-order valence-corrected chi connectivity index (χ1v) is 9.37. The number of anilines is 2. The molecule has 5 nitrogen and oxygen atoms in total. The third kappa shape index (κ3) is 3.92. The Morgan fingerprint density at radius 2 is 1.95 bits per heavy atom. The summed E-state index contributed by atoms with van der Waals surface area (Å²) in [6, 6.07) is 0.445. The second-order valence-electron chi connectivity index (χ2n) is 5.79. The van der Waals surface area contributed by atoms with Gasteiger partial charge in [-0.2, -0.15) is 26.7 Å². The van der Waals surface area contributed by atoms with E-state index in [-0.39, 0.29) is 5.28 Å². The van der Waals surface area contributed by atoms with Crippen LogP contribution in [0.4, 0.5) is 11.9 Å². The average molecular weight is 328 g/mol. The Labute approximate surface area is 135 Å². The number of thioether (sulfide) groups is 1. The lowest BCUT2D eigenvalue weighted by molar-refractivity contribution is 0.471. The highest BCUT2D eigenvalue weighted by Gasteiger charge is 2.23. The molecule has 3 rings (SSSR count). The van der Waals surface area contributed by atoms with E-state index in [1.54, 1.807) is 0 Å². The molecule has 1 aliphatic carbocycles. The van der Waals surface area contributed by atoms with Crippen LogP contribution in [0.25, 0.3) is 0 Å². The molecule has 2 atom stereocenters. The number of nitrogens with zero attached hydrogens (tertiary/aromatic N) is 4. The van der Waals surface area contributed by atoms with Crippen LogP contribution in [0, 0.1) is 0 Å². The van der Waals surface area contributed by atoms with E-state index in [4.69, 9.17) is 11.6 Å². The van der Waals surface area contributed by atoms with E-state index in [2.05, 4.69) is 31.4 Å². The maximum Gasteiger partial charge on any atom is 0.231 e. The fourth-order valence-corrected chi connectivity index (χ4v) is 4.12. The normalized spacial score (nSPS) is 26.1. The van der Waals surface area contributed by atoms with E-state index in [1.165, 1.54) is 38.5 Å². The van der Waals surface area contributed by atoms with Crippen molar-refractivity contribution in [3.05, 3.63) is 5.28 Å². The largest absolute Gasteiger partial charge is 0.351 e. The summed E-state index contributed by atoms with van der Waals surface area (Å²) < 4.78 is 0. The Kier molecular flexibility index (Phi) is 5.06. The third-order valence-corrected chi connectivity index (χ3v) is 5.54. The lowest BCUT2D eigenvalue weighted by Crippen LogP contribution is -2.30.